The van der Waals surface area contributed by atoms with Crippen molar-refractivity contribution in [3.8, 4) is 0 Å². The minimum Gasteiger partial charge on any atom is -0.314 e. The van der Waals surface area contributed by atoms with Crippen molar-refractivity contribution in [2.75, 3.05) is 6.54 Å². The molecular weight excluding hydrogens is 232 g/mol. The summed E-state index contributed by atoms with van der Waals surface area (Å²) in [4.78, 5) is 0. The average Bonchev–Trinajstić information content (AvgIpc) is 2.32. The van der Waals surface area contributed by atoms with E-state index in [9.17, 15) is 8.78 Å². The Kier molecular flexibility index (Phi) is 4.00. The van der Waals surface area contributed by atoms with Gasteiger partial charge in [-0.1, -0.05) is 12.5 Å². The zero-order valence-corrected chi connectivity index (χ0v) is 11.1. The first-order valence-electron chi connectivity index (χ1n) is 6.68. The van der Waals surface area contributed by atoms with Crippen molar-refractivity contribution in [1.82, 2.24) is 5.32 Å². The molecule has 0 amide bonds. The third kappa shape index (κ3) is 3.29. The Bertz CT molecular complexity index is 403. The number of alkyl halides is 1. The molecule has 0 radical (unpaired) electrons. The summed E-state index contributed by atoms with van der Waals surface area (Å²) in [5.41, 5.74) is -0.241. The van der Waals surface area contributed by atoms with Gasteiger partial charge in [0.25, 0.3) is 0 Å². The van der Waals surface area contributed by atoms with E-state index in [1.807, 2.05) is 0 Å². The fourth-order valence-corrected chi connectivity index (χ4v) is 2.46. The van der Waals surface area contributed by atoms with E-state index in [2.05, 4.69) is 5.32 Å². The summed E-state index contributed by atoms with van der Waals surface area (Å²) >= 11 is 0. The zero-order chi connectivity index (χ0) is 13.2. The summed E-state index contributed by atoms with van der Waals surface area (Å²) in [5.74, 6) is -0.227. The molecule has 1 atom stereocenters. The van der Waals surface area contributed by atoms with Gasteiger partial charge in [-0.2, -0.15) is 0 Å². The van der Waals surface area contributed by atoms with Crippen molar-refractivity contribution in [2.45, 2.75) is 51.2 Å². The molecule has 1 saturated heterocycles. The lowest BCUT2D eigenvalue weighted by molar-refractivity contribution is 0.221. The van der Waals surface area contributed by atoms with Gasteiger partial charge in [-0.3, -0.25) is 0 Å². The van der Waals surface area contributed by atoms with Gasteiger partial charge in [0.15, 0.2) is 0 Å². The minimum atomic E-state index is -1.41. The molecule has 1 unspecified atom stereocenters. The predicted octanol–water partition coefficient (Wildman–Crippen LogP) is 3.71. The van der Waals surface area contributed by atoms with Gasteiger partial charge in [-0.05, 0) is 62.9 Å². The van der Waals surface area contributed by atoms with Crippen LogP contribution in [0.1, 0.15) is 44.2 Å². The van der Waals surface area contributed by atoms with Crippen LogP contribution in [0.25, 0.3) is 0 Å². The molecule has 1 nitrogen and oxygen atoms in total. The van der Waals surface area contributed by atoms with Gasteiger partial charge in [0.1, 0.15) is 11.5 Å². The van der Waals surface area contributed by atoms with Crippen LogP contribution in [0.4, 0.5) is 8.78 Å². The first kappa shape index (κ1) is 13.5. The molecule has 3 heteroatoms. The maximum absolute atomic E-state index is 13.9. The van der Waals surface area contributed by atoms with Crippen LogP contribution in [0.5, 0.6) is 0 Å². The van der Waals surface area contributed by atoms with Gasteiger partial charge >= 0.3 is 0 Å². The Balaban J connectivity index is 2.15. The van der Waals surface area contributed by atoms with Crippen molar-refractivity contribution in [3.63, 3.8) is 0 Å². The predicted molar refractivity (Wildman–Crippen MR) is 69.9 cm³/mol. The van der Waals surface area contributed by atoms with Crippen LogP contribution in [0.15, 0.2) is 18.2 Å². The van der Waals surface area contributed by atoms with Crippen molar-refractivity contribution >= 4 is 0 Å². The molecule has 1 aromatic carbocycles. The first-order chi connectivity index (χ1) is 8.47. The summed E-state index contributed by atoms with van der Waals surface area (Å²) < 4.78 is 27.6. The van der Waals surface area contributed by atoms with Gasteiger partial charge in [-0.15, -0.1) is 0 Å². The fraction of sp³-hybridized carbons (Fsp3) is 0.600. The molecule has 2 rings (SSSR count). The van der Waals surface area contributed by atoms with E-state index in [1.54, 1.807) is 6.07 Å². The number of hydrogen-bond acceptors (Lipinski definition) is 1. The van der Waals surface area contributed by atoms with Crippen LogP contribution in [0.3, 0.4) is 0 Å². The monoisotopic (exact) mass is 253 g/mol. The lowest BCUT2D eigenvalue weighted by atomic mass is 9.93. The Labute approximate surface area is 108 Å². The largest absolute Gasteiger partial charge is 0.314 e. The number of rotatable bonds is 3. The Morgan fingerprint density at radius 1 is 1.33 bits per heavy atom. The van der Waals surface area contributed by atoms with Gasteiger partial charge in [0, 0.05) is 6.04 Å². The van der Waals surface area contributed by atoms with Crippen LogP contribution < -0.4 is 5.32 Å². The van der Waals surface area contributed by atoms with Crippen LogP contribution in [0, 0.1) is 5.82 Å². The summed E-state index contributed by atoms with van der Waals surface area (Å²) in [7, 11) is 0. The van der Waals surface area contributed by atoms with E-state index in [0.29, 0.717) is 23.6 Å². The maximum atomic E-state index is 13.9. The molecule has 0 aliphatic carbocycles. The molecule has 1 fully saturated rings. The maximum Gasteiger partial charge on any atom is 0.130 e. The Hall–Kier alpha value is -0.960. The van der Waals surface area contributed by atoms with Crippen LogP contribution in [-0.4, -0.2) is 12.6 Å². The van der Waals surface area contributed by atoms with Gasteiger partial charge in [0.05, 0.1) is 0 Å². The number of halogens is 2. The second-order valence-corrected chi connectivity index (χ2v) is 5.63. The second kappa shape index (κ2) is 5.35. The quantitative estimate of drug-likeness (QED) is 0.865. The zero-order valence-electron chi connectivity index (χ0n) is 11.1. The summed E-state index contributed by atoms with van der Waals surface area (Å²) in [6.07, 6.45) is 4.10. The fourth-order valence-electron chi connectivity index (χ4n) is 2.46. The number of nitrogens with one attached hydrogen (secondary N) is 1. The Morgan fingerprint density at radius 2 is 2.11 bits per heavy atom. The standard InChI is InChI=1S/C15H21F2N/c1-15(2,17)12-6-7-14(16)11(9-12)10-13-5-3-4-8-18-13/h6-7,9,13,18H,3-5,8,10H2,1-2H3. The summed E-state index contributed by atoms with van der Waals surface area (Å²) in [6.45, 7) is 4.01. The summed E-state index contributed by atoms with van der Waals surface area (Å²) in [6, 6.07) is 4.92. The van der Waals surface area contributed by atoms with Crippen molar-refractivity contribution in [2.24, 2.45) is 0 Å². The lowest BCUT2D eigenvalue weighted by Crippen LogP contribution is -2.35. The van der Waals surface area contributed by atoms with E-state index in [1.165, 1.54) is 38.8 Å². The van der Waals surface area contributed by atoms with Crippen LogP contribution >= 0.6 is 0 Å². The molecule has 1 aliphatic heterocycles. The molecule has 0 saturated carbocycles. The highest BCUT2D eigenvalue weighted by molar-refractivity contribution is 5.29. The molecule has 18 heavy (non-hydrogen) atoms. The number of benzene rings is 1. The molecule has 0 bridgehead atoms. The minimum absolute atomic E-state index is 0.227. The molecule has 0 aromatic heterocycles. The molecular formula is C15H21F2N. The van der Waals surface area contributed by atoms with E-state index < -0.39 is 5.67 Å². The van der Waals surface area contributed by atoms with Crippen LogP contribution in [0.2, 0.25) is 0 Å². The highest BCUT2D eigenvalue weighted by Crippen LogP contribution is 2.27. The molecule has 1 N–H and O–H groups in total. The van der Waals surface area contributed by atoms with E-state index >= 15 is 0 Å². The highest BCUT2D eigenvalue weighted by Gasteiger charge is 2.21. The average molecular weight is 253 g/mol. The summed E-state index contributed by atoms with van der Waals surface area (Å²) in [5, 5.41) is 3.39. The van der Waals surface area contributed by atoms with E-state index in [4.69, 9.17) is 0 Å². The third-order valence-electron chi connectivity index (χ3n) is 3.61. The SMILES string of the molecule is CC(C)(F)c1ccc(F)c(CC2CCCCN2)c1. The van der Waals surface area contributed by atoms with Gasteiger partial charge < -0.3 is 5.32 Å². The lowest BCUT2D eigenvalue weighted by Gasteiger charge is -2.24. The normalized spacial score (nSPS) is 21.0. The second-order valence-electron chi connectivity index (χ2n) is 5.63. The number of piperidine rings is 1. The van der Waals surface area contributed by atoms with Crippen molar-refractivity contribution in [1.29, 1.82) is 0 Å². The number of hydrogen-bond donors (Lipinski definition) is 1. The highest BCUT2D eigenvalue weighted by atomic mass is 19.1. The van der Waals surface area contributed by atoms with E-state index in [0.717, 1.165) is 13.0 Å². The van der Waals surface area contributed by atoms with Gasteiger partial charge in [-0.25, -0.2) is 8.78 Å². The third-order valence-corrected chi connectivity index (χ3v) is 3.61. The Morgan fingerprint density at radius 3 is 2.72 bits per heavy atom. The molecule has 100 valence electrons. The molecule has 1 aromatic rings. The van der Waals surface area contributed by atoms with Crippen molar-refractivity contribution in [3.05, 3.63) is 35.1 Å². The van der Waals surface area contributed by atoms with Crippen molar-refractivity contribution < 1.29 is 8.78 Å². The first-order valence-corrected chi connectivity index (χ1v) is 6.68. The topological polar surface area (TPSA) is 12.0 Å². The van der Waals surface area contributed by atoms with E-state index in [-0.39, 0.29) is 5.82 Å². The molecule has 0 spiro atoms. The molecule has 1 heterocycles. The van der Waals surface area contributed by atoms with Gasteiger partial charge in [0.2, 0.25) is 0 Å². The smallest absolute Gasteiger partial charge is 0.130 e. The molecule has 1 aliphatic rings. The van der Waals surface area contributed by atoms with Crippen LogP contribution in [-0.2, 0) is 12.1 Å².